The van der Waals surface area contributed by atoms with Gasteiger partial charge in [-0.2, -0.15) is 0 Å². The van der Waals surface area contributed by atoms with Crippen molar-refractivity contribution < 1.29 is 4.70 Å². The standard InChI is InChI=1S/C29H36N2/c1-4-7-10-17-24-18-11-12-20-27(24)29-26(16-9-6-3)22-28(31(29)30)25-19-13-15-23(21-25)14-8-5-2/h4,7,11-13,15,18-22H,5-6,8-10,14,16-17H2,1-3H3. The van der Waals surface area contributed by atoms with Crippen molar-refractivity contribution in [3.8, 4) is 0 Å². The van der Waals surface area contributed by atoms with Gasteiger partial charge in [-0.15, -0.1) is 0 Å². The Hall–Kier alpha value is -2.74. The summed E-state index contributed by atoms with van der Waals surface area (Å²) in [5, 5.41) is 0. The number of rotatable bonds is 11. The number of allylic oxidation sites excluding steroid dienone is 4. The van der Waals surface area contributed by atoms with Crippen LogP contribution in [0, 0.1) is 0 Å². The van der Waals surface area contributed by atoms with Gasteiger partial charge in [0.15, 0.2) is 0 Å². The Kier molecular flexibility index (Phi) is 8.58. The largest absolute Gasteiger partial charge is 0.493 e. The lowest BCUT2D eigenvalue weighted by Gasteiger charge is -2.13. The fraction of sp³-hybridized carbons (Fsp3) is 0.379. The molecule has 31 heavy (non-hydrogen) atoms. The van der Waals surface area contributed by atoms with E-state index in [9.17, 15) is 5.53 Å². The first-order chi connectivity index (χ1) is 15.2. The van der Waals surface area contributed by atoms with Crippen LogP contribution in [0.2, 0.25) is 0 Å². The molecule has 1 aliphatic rings. The lowest BCUT2D eigenvalue weighted by Crippen LogP contribution is -2.05. The number of hydrogen-bond donors (Lipinski definition) is 0. The van der Waals surface area contributed by atoms with Crippen molar-refractivity contribution in [1.82, 2.24) is 0 Å². The first-order valence-electron chi connectivity index (χ1n) is 11.9. The summed E-state index contributed by atoms with van der Waals surface area (Å²) in [7, 11) is 0. The van der Waals surface area contributed by atoms with E-state index < -0.39 is 0 Å². The molecular weight excluding hydrogens is 376 g/mol. The maximum Gasteiger partial charge on any atom is 0.211 e. The third kappa shape index (κ3) is 5.70. The highest BCUT2D eigenvalue weighted by atomic mass is 15.2. The highest BCUT2D eigenvalue weighted by Gasteiger charge is 2.29. The highest BCUT2D eigenvalue weighted by molar-refractivity contribution is 5.79. The van der Waals surface area contributed by atoms with E-state index in [-0.39, 0.29) is 0 Å². The highest BCUT2D eigenvalue weighted by Crippen LogP contribution is 2.38. The van der Waals surface area contributed by atoms with E-state index >= 15 is 0 Å². The van der Waals surface area contributed by atoms with Crippen LogP contribution in [0.1, 0.15) is 81.5 Å². The molecule has 2 aromatic carbocycles. The fourth-order valence-electron chi connectivity index (χ4n) is 4.24. The van der Waals surface area contributed by atoms with E-state index in [1.54, 1.807) is 0 Å². The van der Waals surface area contributed by atoms with E-state index in [1.165, 1.54) is 34.2 Å². The quantitative estimate of drug-likeness (QED) is 0.261. The third-order valence-corrected chi connectivity index (χ3v) is 5.99. The number of aryl methyl sites for hydroxylation is 2. The van der Waals surface area contributed by atoms with Gasteiger partial charge in [-0.25, -0.2) is 4.70 Å². The Morgan fingerprint density at radius 3 is 2.45 bits per heavy atom. The first kappa shape index (κ1) is 22.9. The maximum absolute atomic E-state index is 11.4. The van der Waals surface area contributed by atoms with Crippen molar-refractivity contribution in [2.75, 3.05) is 0 Å². The van der Waals surface area contributed by atoms with Crippen LogP contribution in [0.5, 0.6) is 0 Å². The topological polar surface area (TPSA) is 25.3 Å². The number of nitrogens with zero attached hydrogens (tertiary/aromatic N) is 2. The summed E-state index contributed by atoms with van der Waals surface area (Å²) in [5.41, 5.74) is 19.3. The number of benzene rings is 2. The monoisotopic (exact) mass is 412 g/mol. The van der Waals surface area contributed by atoms with Crippen molar-refractivity contribution in [2.24, 2.45) is 0 Å². The molecule has 2 heteroatoms. The van der Waals surface area contributed by atoms with Crippen LogP contribution in [0.3, 0.4) is 0 Å². The van der Waals surface area contributed by atoms with Crippen molar-refractivity contribution in [3.63, 3.8) is 0 Å². The minimum atomic E-state index is 0.891. The van der Waals surface area contributed by atoms with E-state index in [0.29, 0.717) is 0 Å². The molecule has 2 nitrogen and oxygen atoms in total. The molecule has 0 radical (unpaired) electrons. The maximum atomic E-state index is 11.4. The lowest BCUT2D eigenvalue weighted by atomic mass is 9.96. The Morgan fingerprint density at radius 1 is 0.903 bits per heavy atom. The van der Waals surface area contributed by atoms with Gasteiger partial charge in [-0.1, -0.05) is 69.2 Å². The van der Waals surface area contributed by atoms with Crippen LogP contribution >= 0.6 is 0 Å². The Balaban J connectivity index is 1.97. The van der Waals surface area contributed by atoms with Crippen LogP contribution in [-0.4, -0.2) is 4.70 Å². The van der Waals surface area contributed by atoms with Crippen LogP contribution < -0.4 is 0 Å². The smallest absolute Gasteiger partial charge is 0.211 e. The summed E-state index contributed by atoms with van der Waals surface area (Å²) in [5.74, 6) is 0. The second kappa shape index (κ2) is 11.6. The molecule has 0 aliphatic carbocycles. The Bertz CT molecular complexity index is 991. The second-order valence-electron chi connectivity index (χ2n) is 8.39. The van der Waals surface area contributed by atoms with E-state index in [2.05, 4.69) is 87.5 Å². The molecule has 1 aliphatic heterocycles. The summed E-state index contributed by atoms with van der Waals surface area (Å²) >= 11 is 0. The molecule has 0 aromatic heterocycles. The van der Waals surface area contributed by atoms with Crippen LogP contribution in [0.4, 0.5) is 0 Å². The van der Waals surface area contributed by atoms with Gasteiger partial charge >= 0.3 is 0 Å². The molecule has 0 N–H and O–H groups in total. The third-order valence-electron chi connectivity index (χ3n) is 5.99. The SMILES string of the molecule is CC=CCCc1ccccc1C1=C(CCCC)C=C(c2cccc(CCCC)c2)[N+]1=[N-]. The summed E-state index contributed by atoms with van der Waals surface area (Å²) in [6.45, 7) is 6.51. The van der Waals surface area contributed by atoms with Crippen molar-refractivity contribution in [3.05, 3.63) is 100 Å². The minimum absolute atomic E-state index is 0.891. The molecule has 0 unspecified atom stereocenters. The molecule has 0 saturated carbocycles. The Labute approximate surface area is 188 Å². The fourth-order valence-corrected chi connectivity index (χ4v) is 4.24. The average molecular weight is 413 g/mol. The van der Waals surface area contributed by atoms with Gasteiger partial charge in [-0.3, -0.25) is 0 Å². The molecule has 2 aromatic rings. The average Bonchev–Trinajstić information content (AvgIpc) is 3.13. The summed E-state index contributed by atoms with van der Waals surface area (Å²) in [4.78, 5) is 0. The van der Waals surface area contributed by atoms with E-state index in [4.69, 9.17) is 0 Å². The minimum Gasteiger partial charge on any atom is -0.493 e. The summed E-state index contributed by atoms with van der Waals surface area (Å²) in [6, 6.07) is 17.2. The number of hydrogen-bond acceptors (Lipinski definition) is 0. The van der Waals surface area contributed by atoms with Gasteiger partial charge in [0.25, 0.3) is 0 Å². The molecule has 1 heterocycles. The van der Waals surface area contributed by atoms with Crippen LogP contribution in [0.15, 0.2) is 72.3 Å². The summed E-state index contributed by atoms with van der Waals surface area (Å²) < 4.78 is 1.44. The molecule has 3 rings (SSSR count). The van der Waals surface area contributed by atoms with Crippen LogP contribution in [-0.2, 0) is 12.8 Å². The summed E-state index contributed by atoms with van der Waals surface area (Å²) in [6.07, 6.45) is 15.2. The van der Waals surface area contributed by atoms with E-state index in [0.717, 1.165) is 61.0 Å². The van der Waals surface area contributed by atoms with Gasteiger partial charge in [0.2, 0.25) is 11.4 Å². The van der Waals surface area contributed by atoms with E-state index in [1.807, 2.05) is 0 Å². The molecule has 0 atom stereocenters. The van der Waals surface area contributed by atoms with Gasteiger partial charge in [0.05, 0.1) is 0 Å². The predicted octanol–water partition coefficient (Wildman–Crippen LogP) is 8.53. The molecule has 0 spiro atoms. The molecule has 0 amide bonds. The normalized spacial score (nSPS) is 14.0. The molecule has 0 bridgehead atoms. The molecular formula is C29H36N2. The van der Waals surface area contributed by atoms with Crippen molar-refractivity contribution >= 4 is 11.4 Å². The second-order valence-corrected chi connectivity index (χ2v) is 8.39. The molecule has 0 saturated heterocycles. The zero-order chi connectivity index (χ0) is 22.1. The number of unbranched alkanes of at least 4 members (excludes halogenated alkanes) is 2. The molecule has 0 fully saturated rings. The van der Waals surface area contributed by atoms with Gasteiger partial charge in [-0.05, 0) is 74.8 Å². The van der Waals surface area contributed by atoms with Gasteiger partial charge < -0.3 is 5.53 Å². The Morgan fingerprint density at radius 2 is 1.68 bits per heavy atom. The molecule has 162 valence electrons. The zero-order valence-corrected chi connectivity index (χ0v) is 19.4. The van der Waals surface area contributed by atoms with Crippen molar-refractivity contribution in [2.45, 2.75) is 72.1 Å². The van der Waals surface area contributed by atoms with Gasteiger partial charge in [0.1, 0.15) is 0 Å². The van der Waals surface area contributed by atoms with Crippen molar-refractivity contribution in [1.29, 1.82) is 0 Å². The van der Waals surface area contributed by atoms with Gasteiger partial charge in [0, 0.05) is 22.8 Å². The lowest BCUT2D eigenvalue weighted by molar-refractivity contribution is -0.344. The first-order valence-corrected chi connectivity index (χ1v) is 11.9. The predicted molar refractivity (Wildman–Crippen MR) is 133 cm³/mol. The zero-order valence-electron chi connectivity index (χ0n) is 19.4. The van der Waals surface area contributed by atoms with Crippen LogP contribution in [0.25, 0.3) is 16.9 Å².